The zero-order valence-corrected chi connectivity index (χ0v) is 14.9. The average molecular weight is 361 g/mol. The van der Waals surface area contributed by atoms with Crippen molar-refractivity contribution in [2.24, 2.45) is 0 Å². The molecule has 0 spiro atoms. The third kappa shape index (κ3) is 3.16. The highest BCUT2D eigenvalue weighted by Crippen LogP contribution is 2.55. The molecule has 0 unspecified atom stereocenters. The predicted octanol–water partition coefficient (Wildman–Crippen LogP) is 3.94. The minimum absolute atomic E-state index is 0.117. The Morgan fingerprint density at radius 2 is 1.52 bits per heavy atom. The number of hydrogen-bond donors (Lipinski definition) is 0. The maximum absolute atomic E-state index is 14.3. The van der Waals surface area contributed by atoms with Crippen molar-refractivity contribution in [2.75, 3.05) is 18.0 Å². The molecule has 136 valence electrons. The summed E-state index contributed by atoms with van der Waals surface area (Å²) in [7, 11) is 0. The minimum Gasteiger partial charge on any atom is -0.369 e. The molecule has 0 bridgehead atoms. The van der Waals surface area contributed by atoms with Crippen LogP contribution in [0.1, 0.15) is 42.2 Å². The molecular weight excluding hydrogens is 341 g/mol. The fraction of sp³-hybridized carbons (Fsp3) is 0.333. The number of rotatable bonds is 4. The van der Waals surface area contributed by atoms with Gasteiger partial charge in [0, 0.05) is 37.9 Å². The second kappa shape index (κ2) is 6.68. The van der Waals surface area contributed by atoms with Gasteiger partial charge < -0.3 is 4.90 Å². The third-order valence-electron chi connectivity index (χ3n) is 5.50. The summed E-state index contributed by atoms with van der Waals surface area (Å²) in [6.45, 7) is 1.90. The quantitative estimate of drug-likeness (QED) is 0.704. The first kappa shape index (κ1) is 16.3. The van der Waals surface area contributed by atoms with Crippen molar-refractivity contribution < 1.29 is 4.39 Å². The maximum atomic E-state index is 14.3. The van der Waals surface area contributed by atoms with Crippen LogP contribution in [0.5, 0.6) is 0 Å². The zero-order chi connectivity index (χ0) is 18.2. The van der Waals surface area contributed by atoms with Crippen LogP contribution in [0.15, 0.2) is 49.1 Å². The van der Waals surface area contributed by atoms with Gasteiger partial charge in [0.15, 0.2) is 11.6 Å². The van der Waals surface area contributed by atoms with E-state index in [1.54, 1.807) is 24.5 Å². The Bertz CT molecular complexity index is 939. The van der Waals surface area contributed by atoms with E-state index in [9.17, 15) is 4.39 Å². The molecule has 2 aliphatic rings. The summed E-state index contributed by atoms with van der Waals surface area (Å²) >= 11 is 0. The largest absolute Gasteiger partial charge is 0.369 e. The monoisotopic (exact) mass is 361 g/mol. The van der Waals surface area contributed by atoms with Crippen LogP contribution in [0.4, 0.5) is 10.1 Å². The van der Waals surface area contributed by atoms with E-state index in [2.05, 4.69) is 24.8 Å². The van der Waals surface area contributed by atoms with Gasteiger partial charge in [-0.15, -0.1) is 0 Å². The van der Waals surface area contributed by atoms with Gasteiger partial charge in [-0.2, -0.15) is 0 Å². The molecule has 1 aliphatic heterocycles. The lowest BCUT2D eigenvalue weighted by Gasteiger charge is -2.19. The van der Waals surface area contributed by atoms with Crippen LogP contribution in [0.2, 0.25) is 0 Å². The Kier molecular flexibility index (Phi) is 4.03. The summed E-state index contributed by atoms with van der Waals surface area (Å²) in [5, 5.41) is 0. The van der Waals surface area contributed by atoms with E-state index < -0.39 is 0 Å². The fourth-order valence-electron chi connectivity index (χ4n) is 3.95. The zero-order valence-electron chi connectivity index (χ0n) is 14.9. The molecule has 3 heterocycles. The van der Waals surface area contributed by atoms with Crippen molar-refractivity contribution in [1.82, 2.24) is 19.9 Å². The Morgan fingerprint density at radius 3 is 2.26 bits per heavy atom. The molecule has 1 aliphatic carbocycles. The molecule has 5 rings (SSSR count). The molecule has 3 aromatic rings. The van der Waals surface area contributed by atoms with Crippen LogP contribution in [0.25, 0.3) is 11.6 Å². The predicted molar refractivity (Wildman–Crippen MR) is 101 cm³/mol. The van der Waals surface area contributed by atoms with Gasteiger partial charge in [-0.3, -0.25) is 0 Å². The van der Waals surface area contributed by atoms with E-state index in [1.165, 1.54) is 5.56 Å². The molecule has 1 saturated carbocycles. The molecule has 2 aromatic heterocycles. The summed E-state index contributed by atoms with van der Waals surface area (Å²) in [6.07, 6.45) is 10.4. The SMILES string of the molecule is Fc1ccc([C@H]2C[C@H]2c2cnc(-c3ncccn3)nc2)cc1N1CCCC1. The molecule has 1 saturated heterocycles. The smallest absolute Gasteiger partial charge is 0.197 e. The summed E-state index contributed by atoms with van der Waals surface area (Å²) in [4.78, 5) is 19.4. The Labute approximate surface area is 157 Å². The second-order valence-corrected chi connectivity index (χ2v) is 7.27. The van der Waals surface area contributed by atoms with Gasteiger partial charge in [-0.05, 0) is 60.4 Å². The summed E-state index contributed by atoms with van der Waals surface area (Å²) < 4.78 is 14.3. The number of nitrogens with zero attached hydrogens (tertiary/aromatic N) is 5. The van der Waals surface area contributed by atoms with Gasteiger partial charge in [-0.25, -0.2) is 24.3 Å². The molecule has 0 radical (unpaired) electrons. The van der Waals surface area contributed by atoms with Crippen LogP contribution >= 0.6 is 0 Å². The highest BCUT2D eigenvalue weighted by molar-refractivity contribution is 5.53. The highest BCUT2D eigenvalue weighted by Gasteiger charge is 2.40. The average Bonchev–Trinajstić information content (AvgIpc) is 3.33. The van der Waals surface area contributed by atoms with Gasteiger partial charge in [-0.1, -0.05) is 6.07 Å². The number of aromatic nitrogens is 4. The van der Waals surface area contributed by atoms with E-state index in [4.69, 9.17) is 0 Å². The number of halogens is 1. The van der Waals surface area contributed by atoms with Gasteiger partial charge >= 0.3 is 0 Å². The molecule has 6 heteroatoms. The van der Waals surface area contributed by atoms with Crippen molar-refractivity contribution in [3.63, 3.8) is 0 Å². The van der Waals surface area contributed by atoms with Crippen molar-refractivity contribution in [3.8, 4) is 11.6 Å². The molecule has 0 N–H and O–H groups in total. The summed E-state index contributed by atoms with van der Waals surface area (Å²) in [5.74, 6) is 1.76. The van der Waals surface area contributed by atoms with E-state index in [0.717, 1.165) is 43.6 Å². The second-order valence-electron chi connectivity index (χ2n) is 7.27. The van der Waals surface area contributed by atoms with Gasteiger partial charge in [0.1, 0.15) is 5.82 Å². The van der Waals surface area contributed by atoms with Crippen LogP contribution in [-0.2, 0) is 0 Å². The maximum Gasteiger partial charge on any atom is 0.197 e. The van der Waals surface area contributed by atoms with Crippen LogP contribution in [0, 0.1) is 5.82 Å². The number of anilines is 1. The number of hydrogen-bond acceptors (Lipinski definition) is 5. The lowest BCUT2D eigenvalue weighted by Crippen LogP contribution is -2.19. The molecule has 5 nitrogen and oxygen atoms in total. The first-order valence-corrected chi connectivity index (χ1v) is 9.43. The lowest BCUT2D eigenvalue weighted by molar-refractivity contribution is 0.622. The van der Waals surface area contributed by atoms with E-state index in [-0.39, 0.29) is 5.82 Å². The van der Waals surface area contributed by atoms with Gasteiger partial charge in [0.2, 0.25) is 0 Å². The summed E-state index contributed by atoms with van der Waals surface area (Å²) in [6, 6.07) is 7.35. The van der Waals surface area contributed by atoms with Crippen molar-refractivity contribution >= 4 is 5.69 Å². The Morgan fingerprint density at radius 1 is 0.852 bits per heavy atom. The van der Waals surface area contributed by atoms with Crippen molar-refractivity contribution in [3.05, 3.63) is 66.0 Å². The molecule has 27 heavy (non-hydrogen) atoms. The molecular formula is C21H20FN5. The molecule has 2 fully saturated rings. The van der Waals surface area contributed by atoms with Crippen LogP contribution in [0.3, 0.4) is 0 Å². The third-order valence-corrected chi connectivity index (χ3v) is 5.50. The normalized spacial score (nSPS) is 21.4. The van der Waals surface area contributed by atoms with E-state index in [1.807, 2.05) is 24.5 Å². The summed E-state index contributed by atoms with van der Waals surface area (Å²) in [5.41, 5.74) is 3.08. The standard InChI is InChI=1S/C21H20FN5/c22-18-5-4-14(10-19(18)27-8-1-2-9-27)16-11-17(16)15-12-25-21(26-13-15)20-23-6-3-7-24-20/h3-7,10,12-13,16-17H,1-2,8-9,11H2/t16-,17+/m1/s1. The van der Waals surface area contributed by atoms with Crippen LogP contribution in [-0.4, -0.2) is 33.0 Å². The molecule has 1 aromatic carbocycles. The molecule has 0 amide bonds. The fourth-order valence-corrected chi connectivity index (χ4v) is 3.95. The van der Waals surface area contributed by atoms with Gasteiger partial charge in [0.05, 0.1) is 5.69 Å². The van der Waals surface area contributed by atoms with E-state index >= 15 is 0 Å². The van der Waals surface area contributed by atoms with Gasteiger partial charge in [0.25, 0.3) is 0 Å². The highest BCUT2D eigenvalue weighted by atomic mass is 19.1. The first-order chi connectivity index (χ1) is 13.3. The van der Waals surface area contributed by atoms with Crippen molar-refractivity contribution in [1.29, 1.82) is 0 Å². The Hall–Kier alpha value is -2.89. The lowest BCUT2D eigenvalue weighted by atomic mass is 10.1. The number of benzene rings is 1. The van der Waals surface area contributed by atoms with Crippen molar-refractivity contribution in [2.45, 2.75) is 31.1 Å². The van der Waals surface area contributed by atoms with Crippen LogP contribution < -0.4 is 4.90 Å². The minimum atomic E-state index is -0.117. The Balaban J connectivity index is 1.34. The van der Waals surface area contributed by atoms with E-state index in [0.29, 0.717) is 23.5 Å². The topological polar surface area (TPSA) is 54.8 Å². The molecule has 2 atom stereocenters. The first-order valence-electron chi connectivity index (χ1n) is 9.43.